The third-order valence-corrected chi connectivity index (χ3v) is 3.67. The van der Waals surface area contributed by atoms with Gasteiger partial charge in [-0.1, -0.05) is 24.9 Å². The molecule has 0 bridgehead atoms. The van der Waals surface area contributed by atoms with Crippen LogP contribution in [0.1, 0.15) is 51.2 Å². The molecule has 1 fully saturated rings. The van der Waals surface area contributed by atoms with Crippen LogP contribution in [-0.4, -0.2) is 23.2 Å². The molecule has 2 rings (SSSR count). The van der Waals surface area contributed by atoms with Gasteiger partial charge in [0.05, 0.1) is 0 Å². The lowest BCUT2D eigenvalue weighted by atomic mass is 9.89. The number of aromatic nitrogens is 2. The number of nitrogens with one attached hydrogen (secondary N) is 1. The van der Waals surface area contributed by atoms with Gasteiger partial charge in [-0.15, -0.1) is 0 Å². The van der Waals surface area contributed by atoms with Crippen molar-refractivity contribution in [1.82, 2.24) is 15.5 Å². The highest BCUT2D eigenvalue weighted by molar-refractivity contribution is 5.06. The lowest BCUT2D eigenvalue weighted by Crippen LogP contribution is -2.24. The highest BCUT2D eigenvalue weighted by Gasteiger charge is 2.36. The molecule has 1 N–H and O–H groups in total. The Kier molecular flexibility index (Phi) is 3.28. The minimum atomic E-state index is 0.133. The normalized spacial score (nSPS) is 21.2. The van der Waals surface area contributed by atoms with E-state index < -0.39 is 0 Å². The number of hydrogen-bond acceptors (Lipinski definition) is 4. The van der Waals surface area contributed by atoms with Crippen molar-refractivity contribution in [2.45, 2.75) is 57.4 Å². The van der Waals surface area contributed by atoms with Gasteiger partial charge in [-0.25, -0.2) is 0 Å². The van der Waals surface area contributed by atoms with Crippen molar-refractivity contribution >= 4 is 0 Å². The molecule has 1 aliphatic carbocycles. The highest BCUT2D eigenvalue weighted by Crippen LogP contribution is 2.39. The van der Waals surface area contributed by atoms with E-state index >= 15 is 0 Å². The van der Waals surface area contributed by atoms with E-state index in [1.165, 1.54) is 25.7 Å². The van der Waals surface area contributed by atoms with E-state index in [1.54, 1.807) is 0 Å². The topological polar surface area (TPSA) is 51.0 Å². The van der Waals surface area contributed by atoms with E-state index in [0.717, 1.165) is 18.1 Å². The monoisotopic (exact) mass is 223 g/mol. The van der Waals surface area contributed by atoms with Crippen LogP contribution in [0.4, 0.5) is 0 Å². The van der Waals surface area contributed by atoms with Crippen LogP contribution >= 0.6 is 0 Å². The Bertz CT molecular complexity index is 342. The molecule has 1 atom stereocenters. The molecule has 1 heterocycles. The average Bonchev–Trinajstić information content (AvgIpc) is 2.88. The molecule has 1 aliphatic rings. The molecule has 0 saturated heterocycles. The molecule has 4 heteroatoms. The first-order valence-corrected chi connectivity index (χ1v) is 6.14. The summed E-state index contributed by atoms with van der Waals surface area (Å²) in [5.41, 5.74) is 0.133. The van der Waals surface area contributed by atoms with Crippen LogP contribution in [0.25, 0.3) is 0 Å². The zero-order chi connectivity index (χ0) is 11.6. The van der Waals surface area contributed by atoms with E-state index in [0.29, 0.717) is 6.04 Å². The van der Waals surface area contributed by atoms with Crippen molar-refractivity contribution in [3.8, 4) is 0 Å². The van der Waals surface area contributed by atoms with Gasteiger partial charge < -0.3 is 9.84 Å². The molecule has 1 aromatic heterocycles. The summed E-state index contributed by atoms with van der Waals surface area (Å²) in [4.78, 5) is 4.53. The number of likely N-dealkylation sites (N-methyl/N-ethyl adjacent to an activating group) is 1. The fourth-order valence-electron chi connectivity index (χ4n) is 2.33. The van der Waals surface area contributed by atoms with E-state index in [-0.39, 0.29) is 5.41 Å². The summed E-state index contributed by atoms with van der Waals surface area (Å²) in [6.07, 6.45) is 5.74. The largest absolute Gasteiger partial charge is 0.339 e. The van der Waals surface area contributed by atoms with Crippen LogP contribution in [0.15, 0.2) is 4.52 Å². The summed E-state index contributed by atoms with van der Waals surface area (Å²) in [5, 5.41) is 7.25. The predicted octanol–water partition coefficient (Wildman–Crippen LogP) is 2.05. The third-order valence-electron chi connectivity index (χ3n) is 3.67. The van der Waals surface area contributed by atoms with E-state index in [2.05, 4.69) is 29.3 Å². The smallest absolute Gasteiger partial charge is 0.232 e. The summed E-state index contributed by atoms with van der Waals surface area (Å²) in [6, 6.07) is 0.391. The maximum Gasteiger partial charge on any atom is 0.232 e. The molecule has 16 heavy (non-hydrogen) atoms. The molecule has 1 aromatic rings. The quantitative estimate of drug-likeness (QED) is 0.848. The summed E-state index contributed by atoms with van der Waals surface area (Å²) in [6.45, 7) is 4.35. The van der Waals surface area contributed by atoms with Gasteiger partial charge >= 0.3 is 0 Å². The van der Waals surface area contributed by atoms with Crippen molar-refractivity contribution in [3.05, 3.63) is 11.7 Å². The number of nitrogens with zero attached hydrogens (tertiary/aromatic N) is 2. The lowest BCUT2D eigenvalue weighted by Gasteiger charge is -2.16. The molecule has 90 valence electrons. The van der Waals surface area contributed by atoms with Gasteiger partial charge in [-0.3, -0.25) is 0 Å². The standard InChI is InChI=1S/C12H21N3O/c1-9(13-3)8-10-14-11(16-15-10)12(2)6-4-5-7-12/h9,13H,4-8H2,1-3H3. The van der Waals surface area contributed by atoms with E-state index in [4.69, 9.17) is 4.52 Å². The van der Waals surface area contributed by atoms with Crippen LogP contribution in [0.3, 0.4) is 0 Å². The van der Waals surface area contributed by atoms with Crippen LogP contribution in [0.5, 0.6) is 0 Å². The first-order chi connectivity index (χ1) is 7.64. The maximum absolute atomic E-state index is 5.41. The summed E-state index contributed by atoms with van der Waals surface area (Å²) >= 11 is 0. The van der Waals surface area contributed by atoms with Gasteiger partial charge in [0.1, 0.15) is 0 Å². The predicted molar refractivity (Wildman–Crippen MR) is 62.3 cm³/mol. The molecule has 1 saturated carbocycles. The van der Waals surface area contributed by atoms with Gasteiger partial charge in [0, 0.05) is 17.9 Å². The Balaban J connectivity index is 2.07. The van der Waals surface area contributed by atoms with E-state index in [9.17, 15) is 0 Å². The van der Waals surface area contributed by atoms with E-state index in [1.807, 2.05) is 7.05 Å². The van der Waals surface area contributed by atoms with Gasteiger partial charge in [0.2, 0.25) is 5.89 Å². The van der Waals surface area contributed by atoms with Gasteiger partial charge in [-0.2, -0.15) is 4.98 Å². The Labute approximate surface area is 96.8 Å². The molecule has 0 spiro atoms. The molecule has 0 radical (unpaired) electrons. The Morgan fingerprint density at radius 3 is 2.75 bits per heavy atom. The summed E-state index contributed by atoms with van der Waals surface area (Å²) in [5.74, 6) is 1.66. The zero-order valence-corrected chi connectivity index (χ0v) is 10.4. The second kappa shape index (κ2) is 4.53. The molecule has 4 nitrogen and oxygen atoms in total. The van der Waals surface area contributed by atoms with Gasteiger partial charge in [0.15, 0.2) is 5.82 Å². The maximum atomic E-state index is 5.41. The van der Waals surface area contributed by atoms with Gasteiger partial charge in [0.25, 0.3) is 0 Å². The highest BCUT2D eigenvalue weighted by atomic mass is 16.5. The molecule has 0 aliphatic heterocycles. The summed E-state index contributed by atoms with van der Waals surface area (Å²) < 4.78 is 5.41. The SMILES string of the molecule is CNC(C)Cc1noc(C2(C)CCCC2)n1. The Morgan fingerprint density at radius 1 is 1.44 bits per heavy atom. The van der Waals surface area contributed by atoms with Crippen molar-refractivity contribution in [1.29, 1.82) is 0 Å². The van der Waals surface area contributed by atoms with Crippen molar-refractivity contribution in [3.63, 3.8) is 0 Å². The first-order valence-electron chi connectivity index (χ1n) is 6.14. The molecule has 0 aromatic carbocycles. The first kappa shape index (κ1) is 11.6. The third kappa shape index (κ3) is 2.26. The number of rotatable bonds is 4. The summed E-state index contributed by atoms with van der Waals surface area (Å²) in [7, 11) is 1.95. The van der Waals surface area contributed by atoms with Gasteiger partial charge in [-0.05, 0) is 26.8 Å². The van der Waals surface area contributed by atoms with Crippen molar-refractivity contribution in [2.75, 3.05) is 7.05 Å². The van der Waals surface area contributed by atoms with Crippen molar-refractivity contribution < 1.29 is 4.52 Å². The minimum Gasteiger partial charge on any atom is -0.339 e. The van der Waals surface area contributed by atoms with Crippen LogP contribution in [-0.2, 0) is 11.8 Å². The molecule has 1 unspecified atom stereocenters. The molecule has 0 amide bonds. The van der Waals surface area contributed by atoms with Crippen molar-refractivity contribution in [2.24, 2.45) is 0 Å². The minimum absolute atomic E-state index is 0.133. The zero-order valence-electron chi connectivity index (χ0n) is 10.4. The second-order valence-electron chi connectivity index (χ2n) is 5.18. The second-order valence-corrected chi connectivity index (χ2v) is 5.18. The molecular weight excluding hydrogens is 202 g/mol. The Morgan fingerprint density at radius 2 is 2.12 bits per heavy atom. The Hall–Kier alpha value is -0.900. The molecular formula is C12H21N3O. The van der Waals surface area contributed by atoms with Crippen LogP contribution in [0.2, 0.25) is 0 Å². The van der Waals surface area contributed by atoms with Crippen LogP contribution in [0, 0.1) is 0 Å². The number of hydrogen-bond donors (Lipinski definition) is 1. The fraction of sp³-hybridized carbons (Fsp3) is 0.833. The fourth-order valence-corrected chi connectivity index (χ4v) is 2.33. The lowest BCUT2D eigenvalue weighted by molar-refractivity contribution is 0.294. The average molecular weight is 223 g/mol. The van der Waals surface area contributed by atoms with Crippen LogP contribution < -0.4 is 5.32 Å².